The number of nitrogens with one attached hydrogen (secondary N) is 1. The number of rotatable bonds is 6. The van der Waals surface area contributed by atoms with E-state index >= 15 is 0 Å². The van der Waals surface area contributed by atoms with E-state index in [1.54, 1.807) is 7.11 Å². The molecule has 2 aromatic rings. The summed E-state index contributed by atoms with van der Waals surface area (Å²) in [6.45, 7) is 7.43. The van der Waals surface area contributed by atoms with Gasteiger partial charge >= 0.3 is 0 Å². The molecule has 0 aliphatic rings. The standard InChI is InChI=1S/C19H25NO/c1-5-20-18(17-11-10-14(2)12-15(17)3)13-16-8-6-7-9-19(16)21-4/h6-12,18,20H,5,13H2,1-4H3. The lowest BCUT2D eigenvalue weighted by Gasteiger charge is -2.22. The van der Waals surface area contributed by atoms with Gasteiger partial charge in [-0.05, 0) is 49.6 Å². The maximum atomic E-state index is 5.48. The van der Waals surface area contributed by atoms with Crippen molar-refractivity contribution in [2.24, 2.45) is 0 Å². The monoisotopic (exact) mass is 283 g/mol. The molecule has 0 spiro atoms. The Labute approximate surface area is 128 Å². The first-order chi connectivity index (χ1) is 10.2. The van der Waals surface area contributed by atoms with E-state index in [1.165, 1.54) is 22.3 Å². The Morgan fingerprint density at radius 2 is 1.86 bits per heavy atom. The summed E-state index contributed by atoms with van der Waals surface area (Å²) in [4.78, 5) is 0. The maximum Gasteiger partial charge on any atom is 0.122 e. The number of methoxy groups -OCH3 is 1. The van der Waals surface area contributed by atoms with Crippen molar-refractivity contribution in [2.45, 2.75) is 33.2 Å². The van der Waals surface area contributed by atoms with E-state index in [2.05, 4.69) is 56.4 Å². The lowest BCUT2D eigenvalue weighted by Crippen LogP contribution is -2.24. The molecule has 0 heterocycles. The van der Waals surface area contributed by atoms with Crippen LogP contribution in [-0.2, 0) is 6.42 Å². The van der Waals surface area contributed by atoms with Crippen LogP contribution >= 0.6 is 0 Å². The molecule has 0 amide bonds. The van der Waals surface area contributed by atoms with Crippen LogP contribution in [0.2, 0.25) is 0 Å². The number of aryl methyl sites for hydroxylation is 2. The Kier molecular flexibility index (Phi) is 5.40. The minimum absolute atomic E-state index is 0.312. The van der Waals surface area contributed by atoms with Gasteiger partial charge in [0, 0.05) is 6.04 Å². The molecule has 2 rings (SSSR count). The third-order valence-electron chi connectivity index (χ3n) is 3.87. The van der Waals surface area contributed by atoms with E-state index in [0.717, 1.165) is 18.7 Å². The van der Waals surface area contributed by atoms with Crippen molar-refractivity contribution in [3.63, 3.8) is 0 Å². The zero-order chi connectivity index (χ0) is 15.2. The van der Waals surface area contributed by atoms with Gasteiger partial charge in [-0.1, -0.05) is 48.9 Å². The van der Waals surface area contributed by atoms with E-state index in [9.17, 15) is 0 Å². The van der Waals surface area contributed by atoms with Crippen molar-refractivity contribution in [1.29, 1.82) is 0 Å². The fraction of sp³-hybridized carbons (Fsp3) is 0.368. The third-order valence-corrected chi connectivity index (χ3v) is 3.87. The Bertz CT molecular complexity index is 592. The van der Waals surface area contributed by atoms with Gasteiger partial charge in [-0.3, -0.25) is 0 Å². The fourth-order valence-corrected chi connectivity index (χ4v) is 2.85. The second-order valence-corrected chi connectivity index (χ2v) is 5.49. The van der Waals surface area contributed by atoms with Gasteiger partial charge in [0.25, 0.3) is 0 Å². The van der Waals surface area contributed by atoms with Crippen LogP contribution < -0.4 is 10.1 Å². The predicted molar refractivity (Wildman–Crippen MR) is 89.0 cm³/mol. The van der Waals surface area contributed by atoms with E-state index < -0.39 is 0 Å². The van der Waals surface area contributed by atoms with Crippen molar-refractivity contribution >= 4 is 0 Å². The molecular formula is C19H25NO. The molecule has 112 valence electrons. The number of ether oxygens (including phenoxy) is 1. The topological polar surface area (TPSA) is 21.3 Å². The summed E-state index contributed by atoms with van der Waals surface area (Å²) >= 11 is 0. The van der Waals surface area contributed by atoms with E-state index in [4.69, 9.17) is 4.74 Å². The highest BCUT2D eigenvalue weighted by Gasteiger charge is 2.15. The van der Waals surface area contributed by atoms with Crippen LogP contribution in [0.3, 0.4) is 0 Å². The summed E-state index contributed by atoms with van der Waals surface area (Å²) in [6, 6.07) is 15.3. The Morgan fingerprint density at radius 3 is 2.52 bits per heavy atom. The molecule has 0 radical (unpaired) electrons. The largest absolute Gasteiger partial charge is 0.496 e. The van der Waals surface area contributed by atoms with E-state index in [0.29, 0.717) is 6.04 Å². The van der Waals surface area contributed by atoms with Gasteiger partial charge in [0.2, 0.25) is 0 Å². The summed E-state index contributed by atoms with van der Waals surface area (Å²) < 4.78 is 5.48. The first-order valence-corrected chi connectivity index (χ1v) is 7.58. The lowest BCUT2D eigenvalue weighted by atomic mass is 9.94. The van der Waals surface area contributed by atoms with Crippen molar-refractivity contribution < 1.29 is 4.74 Å². The van der Waals surface area contributed by atoms with Crippen LogP contribution in [0, 0.1) is 13.8 Å². The van der Waals surface area contributed by atoms with Crippen LogP contribution in [0.1, 0.15) is 35.2 Å². The third kappa shape index (κ3) is 3.85. The molecule has 0 aliphatic carbocycles. The zero-order valence-electron chi connectivity index (χ0n) is 13.4. The first-order valence-electron chi connectivity index (χ1n) is 7.58. The van der Waals surface area contributed by atoms with E-state index in [1.807, 2.05) is 12.1 Å². The Balaban J connectivity index is 2.30. The van der Waals surface area contributed by atoms with Gasteiger partial charge in [0.1, 0.15) is 5.75 Å². The number of hydrogen-bond acceptors (Lipinski definition) is 2. The summed E-state index contributed by atoms with van der Waals surface area (Å²) in [5.74, 6) is 0.963. The molecule has 21 heavy (non-hydrogen) atoms. The van der Waals surface area contributed by atoms with Crippen molar-refractivity contribution in [2.75, 3.05) is 13.7 Å². The Morgan fingerprint density at radius 1 is 1.10 bits per heavy atom. The highest BCUT2D eigenvalue weighted by Crippen LogP contribution is 2.27. The molecule has 2 aromatic carbocycles. The Hall–Kier alpha value is -1.80. The van der Waals surface area contributed by atoms with Gasteiger partial charge in [-0.2, -0.15) is 0 Å². The van der Waals surface area contributed by atoms with Gasteiger partial charge in [-0.25, -0.2) is 0 Å². The quantitative estimate of drug-likeness (QED) is 0.857. The molecule has 2 heteroatoms. The zero-order valence-corrected chi connectivity index (χ0v) is 13.4. The number of benzene rings is 2. The molecule has 0 bridgehead atoms. The molecule has 1 unspecified atom stereocenters. The highest BCUT2D eigenvalue weighted by molar-refractivity contribution is 5.38. The number of likely N-dealkylation sites (N-methyl/N-ethyl adjacent to an activating group) is 1. The second-order valence-electron chi connectivity index (χ2n) is 5.49. The maximum absolute atomic E-state index is 5.48. The minimum atomic E-state index is 0.312. The number of hydrogen-bond donors (Lipinski definition) is 1. The number of para-hydroxylation sites is 1. The lowest BCUT2D eigenvalue weighted by molar-refractivity contribution is 0.405. The molecule has 0 aromatic heterocycles. The second kappa shape index (κ2) is 7.28. The van der Waals surface area contributed by atoms with Gasteiger partial charge < -0.3 is 10.1 Å². The van der Waals surface area contributed by atoms with Crippen LogP contribution in [0.4, 0.5) is 0 Å². The van der Waals surface area contributed by atoms with Gasteiger partial charge in [0.05, 0.1) is 7.11 Å². The fourth-order valence-electron chi connectivity index (χ4n) is 2.85. The highest BCUT2D eigenvalue weighted by atomic mass is 16.5. The summed E-state index contributed by atoms with van der Waals surface area (Å²) in [6.07, 6.45) is 0.932. The molecule has 1 atom stereocenters. The molecule has 0 saturated heterocycles. The molecule has 2 nitrogen and oxygen atoms in total. The summed E-state index contributed by atoms with van der Waals surface area (Å²) in [7, 11) is 1.73. The molecule has 1 N–H and O–H groups in total. The van der Waals surface area contributed by atoms with Crippen LogP contribution in [0.5, 0.6) is 5.75 Å². The predicted octanol–water partition coefficient (Wildman–Crippen LogP) is 4.21. The van der Waals surface area contributed by atoms with Crippen LogP contribution in [0.25, 0.3) is 0 Å². The summed E-state index contributed by atoms with van der Waals surface area (Å²) in [5, 5.41) is 3.60. The van der Waals surface area contributed by atoms with Crippen LogP contribution in [-0.4, -0.2) is 13.7 Å². The molecule has 0 fully saturated rings. The summed E-state index contributed by atoms with van der Waals surface area (Å²) in [5.41, 5.74) is 5.26. The van der Waals surface area contributed by atoms with Crippen molar-refractivity contribution in [1.82, 2.24) is 5.32 Å². The van der Waals surface area contributed by atoms with E-state index in [-0.39, 0.29) is 0 Å². The van der Waals surface area contributed by atoms with Gasteiger partial charge in [0.15, 0.2) is 0 Å². The SMILES string of the molecule is CCNC(Cc1ccccc1OC)c1ccc(C)cc1C. The average molecular weight is 283 g/mol. The minimum Gasteiger partial charge on any atom is -0.496 e. The van der Waals surface area contributed by atoms with Gasteiger partial charge in [-0.15, -0.1) is 0 Å². The normalized spacial score (nSPS) is 12.2. The molecule has 0 saturated carbocycles. The molecule has 0 aliphatic heterocycles. The molecular weight excluding hydrogens is 258 g/mol. The smallest absolute Gasteiger partial charge is 0.122 e. The first kappa shape index (κ1) is 15.6. The van der Waals surface area contributed by atoms with Crippen LogP contribution in [0.15, 0.2) is 42.5 Å². The van der Waals surface area contributed by atoms with Crippen molar-refractivity contribution in [3.8, 4) is 5.75 Å². The van der Waals surface area contributed by atoms with Crippen molar-refractivity contribution in [3.05, 3.63) is 64.7 Å². The average Bonchev–Trinajstić information content (AvgIpc) is 2.47.